The SMILES string of the molecule is C=CCOC(=O)C(OC=O)C(OC=O)C(=O)OCC=C. The van der Waals surface area contributed by atoms with Crippen LogP contribution < -0.4 is 0 Å². The molecule has 0 aromatic rings. The van der Waals surface area contributed by atoms with Crippen LogP contribution in [0.15, 0.2) is 25.3 Å². The molecule has 8 nitrogen and oxygen atoms in total. The Morgan fingerprint density at radius 3 is 1.45 bits per heavy atom. The summed E-state index contributed by atoms with van der Waals surface area (Å²) in [5.74, 6) is -2.17. The molecule has 0 amide bonds. The fourth-order valence-corrected chi connectivity index (χ4v) is 1.07. The highest BCUT2D eigenvalue weighted by Gasteiger charge is 2.39. The number of esters is 2. The van der Waals surface area contributed by atoms with Crippen LogP contribution in [0.25, 0.3) is 0 Å². The van der Waals surface area contributed by atoms with Crippen molar-refractivity contribution in [2.24, 2.45) is 0 Å². The summed E-state index contributed by atoms with van der Waals surface area (Å²) in [6.07, 6.45) is -1.01. The van der Waals surface area contributed by atoms with Gasteiger partial charge >= 0.3 is 11.9 Å². The smallest absolute Gasteiger partial charge is 0.352 e. The van der Waals surface area contributed by atoms with Crippen molar-refractivity contribution >= 4 is 24.9 Å². The van der Waals surface area contributed by atoms with Crippen LogP contribution in [-0.4, -0.2) is 50.3 Å². The topological polar surface area (TPSA) is 105 Å². The zero-order valence-electron chi connectivity index (χ0n) is 10.6. The Hall–Kier alpha value is -2.64. The summed E-state index contributed by atoms with van der Waals surface area (Å²) in [7, 11) is 0. The molecule has 0 aliphatic carbocycles. The average Bonchev–Trinajstić information content (AvgIpc) is 2.45. The first-order valence-corrected chi connectivity index (χ1v) is 5.35. The van der Waals surface area contributed by atoms with E-state index >= 15 is 0 Å². The predicted molar refractivity (Wildman–Crippen MR) is 64.2 cm³/mol. The Balaban J connectivity index is 4.99. The van der Waals surface area contributed by atoms with Gasteiger partial charge < -0.3 is 18.9 Å². The lowest BCUT2D eigenvalue weighted by molar-refractivity contribution is -0.183. The van der Waals surface area contributed by atoms with Gasteiger partial charge in [-0.05, 0) is 0 Å². The van der Waals surface area contributed by atoms with E-state index in [2.05, 4.69) is 32.1 Å². The maximum Gasteiger partial charge on any atom is 0.352 e. The number of hydrogen-bond acceptors (Lipinski definition) is 8. The molecule has 0 aromatic carbocycles. The molecule has 20 heavy (non-hydrogen) atoms. The maximum atomic E-state index is 11.6. The van der Waals surface area contributed by atoms with Crippen LogP contribution in [0.3, 0.4) is 0 Å². The Labute approximate surface area is 114 Å². The lowest BCUT2D eigenvalue weighted by Crippen LogP contribution is -2.45. The summed E-state index contributed by atoms with van der Waals surface area (Å²) < 4.78 is 18.1. The van der Waals surface area contributed by atoms with E-state index in [1.165, 1.54) is 12.2 Å². The normalized spacial score (nSPS) is 12.2. The molecule has 0 spiro atoms. The van der Waals surface area contributed by atoms with Crippen LogP contribution in [0.2, 0.25) is 0 Å². The van der Waals surface area contributed by atoms with Gasteiger partial charge in [-0.25, -0.2) is 9.59 Å². The lowest BCUT2D eigenvalue weighted by Gasteiger charge is -2.20. The third-order valence-electron chi connectivity index (χ3n) is 1.83. The maximum absolute atomic E-state index is 11.6. The molecular weight excluding hydrogens is 272 g/mol. The number of ether oxygens (including phenoxy) is 4. The first kappa shape index (κ1) is 17.4. The van der Waals surface area contributed by atoms with E-state index in [-0.39, 0.29) is 26.2 Å². The largest absolute Gasteiger partial charge is 0.459 e. The van der Waals surface area contributed by atoms with Crippen molar-refractivity contribution in [2.45, 2.75) is 12.2 Å². The van der Waals surface area contributed by atoms with Gasteiger partial charge in [0, 0.05) is 0 Å². The van der Waals surface area contributed by atoms with Gasteiger partial charge in [0.25, 0.3) is 12.9 Å². The third-order valence-corrected chi connectivity index (χ3v) is 1.83. The van der Waals surface area contributed by atoms with Gasteiger partial charge in [0.1, 0.15) is 13.2 Å². The molecule has 0 rings (SSSR count). The second-order valence-electron chi connectivity index (χ2n) is 3.14. The minimum absolute atomic E-state index is 0.0816. The molecule has 0 fully saturated rings. The Bertz CT molecular complexity index is 340. The van der Waals surface area contributed by atoms with Gasteiger partial charge in [0.2, 0.25) is 12.2 Å². The van der Waals surface area contributed by atoms with Crippen LogP contribution in [0.1, 0.15) is 0 Å². The van der Waals surface area contributed by atoms with Crippen molar-refractivity contribution in [3.8, 4) is 0 Å². The number of rotatable bonds is 11. The molecule has 0 aliphatic rings. The van der Waals surface area contributed by atoms with Crippen LogP contribution >= 0.6 is 0 Å². The standard InChI is InChI=1S/C12H14O8/c1-3-5-17-11(15)9(19-7-13)10(20-8-14)12(16)18-6-4-2/h3-4,7-10H,1-2,5-6H2. The van der Waals surface area contributed by atoms with Crippen LogP contribution in [0, 0.1) is 0 Å². The first-order chi connectivity index (χ1) is 9.62. The number of carbonyl (C=O) groups is 4. The lowest BCUT2D eigenvalue weighted by atomic mass is 10.2. The van der Waals surface area contributed by atoms with Gasteiger partial charge in [0.15, 0.2) is 0 Å². The van der Waals surface area contributed by atoms with Crippen molar-refractivity contribution in [2.75, 3.05) is 13.2 Å². The van der Waals surface area contributed by atoms with Crippen molar-refractivity contribution in [3.63, 3.8) is 0 Å². The van der Waals surface area contributed by atoms with E-state index in [1.54, 1.807) is 0 Å². The molecule has 8 heteroatoms. The molecule has 0 saturated heterocycles. The van der Waals surface area contributed by atoms with Gasteiger partial charge in [-0.3, -0.25) is 9.59 Å². The molecule has 0 saturated carbocycles. The highest BCUT2D eigenvalue weighted by molar-refractivity contribution is 5.87. The Kier molecular flexibility index (Phi) is 8.94. The molecule has 2 unspecified atom stereocenters. The predicted octanol–water partition coefficient (Wildman–Crippen LogP) is -0.472. The van der Waals surface area contributed by atoms with Crippen LogP contribution in [-0.2, 0) is 38.1 Å². The summed E-state index contributed by atoms with van der Waals surface area (Å²) in [4.78, 5) is 44.0. The average molecular weight is 286 g/mol. The summed E-state index contributed by atoms with van der Waals surface area (Å²) in [5, 5.41) is 0. The fourth-order valence-electron chi connectivity index (χ4n) is 1.07. The molecule has 0 aliphatic heterocycles. The monoisotopic (exact) mass is 286 g/mol. The third kappa shape index (κ3) is 5.80. The zero-order chi connectivity index (χ0) is 15.4. The van der Waals surface area contributed by atoms with Crippen molar-refractivity contribution in [1.82, 2.24) is 0 Å². The number of carbonyl (C=O) groups excluding carboxylic acids is 4. The Morgan fingerprint density at radius 1 is 0.850 bits per heavy atom. The van der Waals surface area contributed by atoms with E-state index in [0.29, 0.717) is 0 Å². The molecule has 0 aromatic heterocycles. The summed E-state index contributed by atoms with van der Waals surface area (Å²) in [5.41, 5.74) is 0. The molecule has 0 radical (unpaired) electrons. The van der Waals surface area contributed by atoms with Crippen LogP contribution in [0.4, 0.5) is 0 Å². The van der Waals surface area contributed by atoms with E-state index < -0.39 is 24.1 Å². The first-order valence-electron chi connectivity index (χ1n) is 5.35. The van der Waals surface area contributed by atoms with Gasteiger partial charge in [-0.15, -0.1) is 0 Å². The second kappa shape index (κ2) is 10.3. The fraction of sp³-hybridized carbons (Fsp3) is 0.333. The summed E-state index contributed by atoms with van der Waals surface area (Å²) >= 11 is 0. The quantitative estimate of drug-likeness (QED) is 0.217. The zero-order valence-corrected chi connectivity index (χ0v) is 10.6. The van der Waals surface area contributed by atoms with Gasteiger partial charge in [-0.1, -0.05) is 25.3 Å². The van der Waals surface area contributed by atoms with E-state index in [1.807, 2.05) is 0 Å². The van der Waals surface area contributed by atoms with E-state index in [0.717, 1.165) is 0 Å². The van der Waals surface area contributed by atoms with Crippen molar-refractivity contribution < 1.29 is 38.1 Å². The molecule has 0 bridgehead atoms. The van der Waals surface area contributed by atoms with Gasteiger partial charge in [-0.2, -0.15) is 0 Å². The van der Waals surface area contributed by atoms with Gasteiger partial charge in [0.05, 0.1) is 0 Å². The molecular formula is C12H14O8. The molecule has 0 N–H and O–H groups in total. The molecule has 2 atom stereocenters. The van der Waals surface area contributed by atoms with Crippen molar-refractivity contribution in [1.29, 1.82) is 0 Å². The molecule has 0 heterocycles. The van der Waals surface area contributed by atoms with Crippen molar-refractivity contribution in [3.05, 3.63) is 25.3 Å². The highest BCUT2D eigenvalue weighted by atomic mass is 16.6. The Morgan fingerprint density at radius 2 is 1.20 bits per heavy atom. The summed E-state index contributed by atoms with van der Waals surface area (Å²) in [6, 6.07) is 0. The second-order valence-corrected chi connectivity index (χ2v) is 3.14. The minimum Gasteiger partial charge on any atom is -0.459 e. The van der Waals surface area contributed by atoms with E-state index in [4.69, 9.17) is 0 Å². The highest BCUT2D eigenvalue weighted by Crippen LogP contribution is 2.08. The number of hydrogen-bond donors (Lipinski definition) is 0. The minimum atomic E-state index is -1.77. The van der Waals surface area contributed by atoms with Crippen LogP contribution in [0.5, 0.6) is 0 Å². The molecule has 110 valence electrons. The summed E-state index contributed by atoms with van der Waals surface area (Å²) in [6.45, 7) is 6.12. The van der Waals surface area contributed by atoms with E-state index in [9.17, 15) is 19.2 Å².